The summed E-state index contributed by atoms with van der Waals surface area (Å²) in [5, 5.41) is 12.2. The van der Waals surface area contributed by atoms with Crippen molar-refractivity contribution in [1.29, 1.82) is 0 Å². The highest BCUT2D eigenvalue weighted by Gasteiger charge is 2.16. The zero-order valence-electron chi connectivity index (χ0n) is 15.3. The molecule has 0 saturated carbocycles. The summed E-state index contributed by atoms with van der Waals surface area (Å²) in [6, 6.07) is 1.15. The van der Waals surface area contributed by atoms with Gasteiger partial charge in [-0.3, -0.25) is 4.79 Å². The first-order valence-corrected chi connectivity index (χ1v) is 8.48. The van der Waals surface area contributed by atoms with Gasteiger partial charge >= 0.3 is 5.97 Å². The Bertz CT molecular complexity index is 839. The second kappa shape index (κ2) is 9.84. The number of allylic oxidation sites excluding steroid dienone is 5. The van der Waals surface area contributed by atoms with E-state index < -0.39 is 17.4 Å². The molecule has 0 aromatic carbocycles. The lowest BCUT2D eigenvalue weighted by Crippen LogP contribution is -2.24. The Morgan fingerprint density at radius 1 is 1.33 bits per heavy atom. The molecule has 0 spiro atoms. The van der Waals surface area contributed by atoms with Gasteiger partial charge in [0.25, 0.3) is 5.56 Å². The van der Waals surface area contributed by atoms with E-state index in [4.69, 9.17) is 9.47 Å². The fraction of sp³-hybridized carbons (Fsp3) is 0.368. The molecule has 0 atom stereocenters. The lowest BCUT2D eigenvalue weighted by Gasteiger charge is -2.14. The number of anilines is 1. The predicted octanol–water partition coefficient (Wildman–Crippen LogP) is 2.71. The average Bonchev–Trinajstić information content (AvgIpc) is 2.76. The highest BCUT2D eigenvalue weighted by molar-refractivity contribution is 5.94. The third-order valence-corrected chi connectivity index (χ3v) is 3.91. The van der Waals surface area contributed by atoms with Crippen LogP contribution in [-0.4, -0.2) is 42.6 Å². The third-order valence-electron chi connectivity index (χ3n) is 3.91. The number of carbonyl (C=O) groups is 1. The maximum absolute atomic E-state index is 14.3. The minimum absolute atomic E-state index is 0.0402. The third kappa shape index (κ3) is 5.90. The van der Waals surface area contributed by atoms with E-state index in [1.807, 2.05) is 6.08 Å². The lowest BCUT2D eigenvalue weighted by atomic mass is 10.2. The van der Waals surface area contributed by atoms with E-state index in [1.54, 1.807) is 20.1 Å². The fourth-order valence-corrected chi connectivity index (χ4v) is 2.48. The lowest BCUT2D eigenvalue weighted by molar-refractivity contribution is 0.0657. The molecule has 1 aromatic heterocycles. The minimum atomic E-state index is -1.22. The second-order valence-electron chi connectivity index (χ2n) is 5.96. The summed E-state index contributed by atoms with van der Waals surface area (Å²) in [5.74, 6) is -1.74. The maximum atomic E-state index is 14.3. The number of hydrogen-bond acceptors (Lipinski definition) is 5. The van der Waals surface area contributed by atoms with Crippen LogP contribution in [0.25, 0.3) is 0 Å². The van der Waals surface area contributed by atoms with Gasteiger partial charge < -0.3 is 24.5 Å². The zero-order chi connectivity index (χ0) is 19.8. The highest BCUT2D eigenvalue weighted by atomic mass is 19.1. The Labute approximate surface area is 156 Å². The molecular weight excluding hydrogens is 355 g/mol. The van der Waals surface area contributed by atoms with E-state index in [0.717, 1.165) is 11.6 Å². The summed E-state index contributed by atoms with van der Waals surface area (Å²) in [6.45, 7) is 3.02. The van der Waals surface area contributed by atoms with Gasteiger partial charge in [-0.15, -0.1) is 0 Å². The van der Waals surface area contributed by atoms with Gasteiger partial charge in [0.2, 0.25) is 0 Å². The van der Waals surface area contributed by atoms with Crippen molar-refractivity contribution >= 4 is 11.7 Å². The largest absolute Gasteiger partial charge is 0.478 e. The number of rotatable bonds is 9. The molecule has 0 amide bonds. The molecule has 0 bridgehead atoms. The normalized spacial score (nSPS) is 14.1. The molecule has 0 aliphatic heterocycles. The van der Waals surface area contributed by atoms with Crippen LogP contribution in [0.1, 0.15) is 23.7 Å². The molecule has 8 heteroatoms. The van der Waals surface area contributed by atoms with Crippen molar-refractivity contribution in [1.82, 2.24) is 4.57 Å². The summed E-state index contributed by atoms with van der Waals surface area (Å²) in [6.07, 6.45) is 6.52. The summed E-state index contributed by atoms with van der Waals surface area (Å²) in [7, 11) is 1.55. The number of ether oxygens (including phenoxy) is 2. The quantitative estimate of drug-likeness (QED) is 0.642. The standard InChI is InChI=1S/C19H23FN2O5/c1-13-4-3-5-16(15(20)10-13)21-17-11-18(23)22(12-14(17)19(24)25)6-7-27-9-8-26-2/h4-5,10-12,21H,3,6-9H2,1-2H3,(H,24,25). The van der Waals surface area contributed by atoms with E-state index in [-0.39, 0.29) is 30.1 Å². The number of aromatic nitrogens is 1. The number of aromatic carboxylic acids is 1. The molecule has 7 nitrogen and oxygen atoms in total. The van der Waals surface area contributed by atoms with Crippen molar-refractivity contribution in [3.8, 4) is 0 Å². The number of hydrogen-bond donors (Lipinski definition) is 2. The number of methoxy groups -OCH3 is 1. The van der Waals surface area contributed by atoms with Crippen molar-refractivity contribution in [3.63, 3.8) is 0 Å². The van der Waals surface area contributed by atoms with Crippen molar-refractivity contribution in [2.45, 2.75) is 19.9 Å². The van der Waals surface area contributed by atoms with Crippen LogP contribution in [0.15, 0.2) is 52.4 Å². The Hall–Kier alpha value is -2.71. The molecule has 0 fully saturated rings. The molecule has 0 saturated heterocycles. The smallest absolute Gasteiger partial charge is 0.339 e. The van der Waals surface area contributed by atoms with Crippen molar-refractivity contribution in [2.75, 3.05) is 32.2 Å². The molecule has 1 aliphatic carbocycles. The minimum Gasteiger partial charge on any atom is -0.478 e. The monoisotopic (exact) mass is 378 g/mol. The van der Waals surface area contributed by atoms with E-state index in [2.05, 4.69) is 5.32 Å². The van der Waals surface area contributed by atoms with Crippen molar-refractivity contribution in [2.24, 2.45) is 0 Å². The maximum Gasteiger partial charge on any atom is 0.339 e. The topological polar surface area (TPSA) is 89.8 Å². The van der Waals surface area contributed by atoms with Gasteiger partial charge in [0, 0.05) is 25.9 Å². The van der Waals surface area contributed by atoms with Crippen LogP contribution < -0.4 is 10.9 Å². The Morgan fingerprint density at radius 2 is 2.11 bits per heavy atom. The number of carboxylic acids is 1. The van der Waals surface area contributed by atoms with Gasteiger partial charge in [-0.2, -0.15) is 0 Å². The zero-order valence-corrected chi connectivity index (χ0v) is 15.3. The number of halogens is 1. The summed E-state index contributed by atoms with van der Waals surface area (Å²) in [5.41, 5.74) is 0.395. The van der Waals surface area contributed by atoms with Crippen LogP contribution in [0, 0.1) is 0 Å². The van der Waals surface area contributed by atoms with Crippen LogP contribution >= 0.6 is 0 Å². The molecule has 146 valence electrons. The summed E-state index contributed by atoms with van der Waals surface area (Å²) < 4.78 is 25.7. The van der Waals surface area contributed by atoms with Crippen LogP contribution in [0.2, 0.25) is 0 Å². The Balaban J connectivity index is 2.21. The van der Waals surface area contributed by atoms with Gasteiger partial charge in [0.15, 0.2) is 0 Å². The molecule has 0 radical (unpaired) electrons. The molecule has 1 heterocycles. The van der Waals surface area contributed by atoms with Gasteiger partial charge in [-0.05, 0) is 19.4 Å². The average molecular weight is 378 g/mol. The molecule has 0 unspecified atom stereocenters. The van der Waals surface area contributed by atoms with Gasteiger partial charge in [-0.25, -0.2) is 9.18 Å². The van der Waals surface area contributed by atoms with E-state index in [0.29, 0.717) is 19.6 Å². The first-order chi connectivity index (χ1) is 12.9. The predicted molar refractivity (Wildman–Crippen MR) is 99.6 cm³/mol. The van der Waals surface area contributed by atoms with Crippen molar-refractivity contribution < 1.29 is 23.8 Å². The molecule has 27 heavy (non-hydrogen) atoms. The number of nitrogens with zero attached hydrogens (tertiary/aromatic N) is 1. The van der Waals surface area contributed by atoms with Crippen LogP contribution in [0.5, 0.6) is 0 Å². The SMILES string of the molecule is COCCOCCn1cc(C(=O)O)c(NC2=CCC=C(C)C=C2F)cc1=O. The molecule has 2 N–H and O–H groups in total. The van der Waals surface area contributed by atoms with Gasteiger partial charge in [-0.1, -0.05) is 17.7 Å². The van der Waals surface area contributed by atoms with Gasteiger partial charge in [0.05, 0.1) is 36.8 Å². The van der Waals surface area contributed by atoms with Crippen LogP contribution in [0.4, 0.5) is 10.1 Å². The summed E-state index contributed by atoms with van der Waals surface area (Å²) >= 11 is 0. The molecule has 1 aromatic rings. The van der Waals surface area contributed by atoms with Crippen LogP contribution in [-0.2, 0) is 16.0 Å². The summed E-state index contributed by atoms with van der Waals surface area (Å²) in [4.78, 5) is 23.9. The second-order valence-corrected chi connectivity index (χ2v) is 5.96. The van der Waals surface area contributed by atoms with Crippen LogP contribution in [0.3, 0.4) is 0 Å². The fourth-order valence-electron chi connectivity index (χ4n) is 2.48. The highest BCUT2D eigenvalue weighted by Crippen LogP contribution is 2.23. The van der Waals surface area contributed by atoms with E-state index in [9.17, 15) is 19.1 Å². The molecule has 2 rings (SSSR count). The Kier molecular flexibility index (Phi) is 7.51. The van der Waals surface area contributed by atoms with E-state index >= 15 is 0 Å². The number of pyridine rings is 1. The van der Waals surface area contributed by atoms with E-state index in [1.165, 1.54) is 16.8 Å². The number of carboxylic acid groups (broad SMARTS) is 1. The van der Waals surface area contributed by atoms with Gasteiger partial charge in [0.1, 0.15) is 5.83 Å². The first-order valence-electron chi connectivity index (χ1n) is 8.48. The van der Waals surface area contributed by atoms with Crippen molar-refractivity contribution in [3.05, 3.63) is 63.5 Å². The molecular formula is C19H23FN2O5. The Morgan fingerprint density at radius 3 is 2.81 bits per heavy atom. The molecule has 1 aliphatic rings. The number of nitrogens with one attached hydrogen (secondary N) is 1. The first kappa shape index (κ1) is 20.6.